The zero-order valence-electron chi connectivity index (χ0n) is 7.12. The third-order valence-electron chi connectivity index (χ3n) is 1.75. The molecule has 12 heavy (non-hydrogen) atoms. The normalized spacial score (nSPS) is 10.0. The van der Waals surface area contributed by atoms with Gasteiger partial charge in [-0.3, -0.25) is 0 Å². The highest BCUT2D eigenvalue weighted by atomic mass is 79.9. The van der Waals surface area contributed by atoms with Crippen molar-refractivity contribution >= 4 is 21.8 Å². The van der Waals surface area contributed by atoms with Gasteiger partial charge < -0.3 is 0 Å². The Hall–Kier alpha value is -0.630. The van der Waals surface area contributed by atoms with Crippen LogP contribution in [0.15, 0.2) is 23.2 Å². The molecule has 0 spiro atoms. The van der Waals surface area contributed by atoms with Gasteiger partial charge in [-0.05, 0) is 37.1 Å². The van der Waals surface area contributed by atoms with Gasteiger partial charge in [-0.1, -0.05) is 22.5 Å². The third kappa shape index (κ3) is 1.75. The van der Waals surface area contributed by atoms with E-state index in [1.54, 1.807) is 12.1 Å². The van der Waals surface area contributed by atoms with Crippen LogP contribution in [0.5, 0.6) is 0 Å². The molecule has 0 bridgehead atoms. The lowest BCUT2D eigenvalue weighted by Crippen LogP contribution is -1.85. The van der Waals surface area contributed by atoms with Crippen molar-refractivity contribution in [1.82, 2.24) is 0 Å². The minimum Gasteiger partial charge on any atom is -0.207 e. The lowest BCUT2D eigenvalue weighted by atomic mass is 10.1. The van der Waals surface area contributed by atoms with E-state index in [0.717, 1.165) is 15.6 Å². The number of rotatable bonds is 1. The Morgan fingerprint density at radius 2 is 1.75 bits per heavy atom. The fourth-order valence-electron chi connectivity index (χ4n) is 1.10. The number of hydrogen-bond acceptors (Lipinski definition) is 0. The molecule has 0 aliphatic carbocycles. The van der Waals surface area contributed by atoms with Gasteiger partial charge >= 0.3 is 0 Å². The largest absolute Gasteiger partial charge is 0.207 e. The zero-order valence-corrected chi connectivity index (χ0v) is 8.70. The van der Waals surface area contributed by atoms with Crippen LogP contribution in [-0.2, 0) is 0 Å². The third-order valence-corrected chi connectivity index (χ3v) is 3.00. The van der Waals surface area contributed by atoms with Gasteiger partial charge in [0, 0.05) is 10.0 Å². The molecule has 0 fully saturated rings. The van der Waals surface area contributed by atoms with Gasteiger partial charge in [-0.15, -0.1) is 0 Å². The summed E-state index contributed by atoms with van der Waals surface area (Å²) < 4.78 is 13.8. The first kappa shape index (κ1) is 9.46. The molecule has 0 aliphatic heterocycles. The van der Waals surface area contributed by atoms with Crippen molar-refractivity contribution in [2.75, 3.05) is 0 Å². The summed E-state index contributed by atoms with van der Waals surface area (Å²) in [4.78, 5) is 0. The van der Waals surface area contributed by atoms with Gasteiger partial charge in [0.2, 0.25) is 0 Å². The summed E-state index contributed by atoms with van der Waals surface area (Å²) in [5.41, 5.74) is 2.63. The first-order valence-electron chi connectivity index (χ1n) is 3.64. The van der Waals surface area contributed by atoms with Gasteiger partial charge in [-0.25, -0.2) is 4.39 Å². The molecule has 1 aromatic rings. The average Bonchev–Trinajstić information content (AvgIpc) is 1.99. The van der Waals surface area contributed by atoms with Crippen LogP contribution >= 0.6 is 15.9 Å². The van der Waals surface area contributed by atoms with E-state index in [1.807, 2.05) is 13.8 Å². The minimum atomic E-state index is -0.381. The smallest absolute Gasteiger partial charge is 0.123 e. The van der Waals surface area contributed by atoms with Crippen molar-refractivity contribution < 1.29 is 4.39 Å². The van der Waals surface area contributed by atoms with Gasteiger partial charge in [0.05, 0.1) is 0 Å². The topological polar surface area (TPSA) is 0 Å². The molecular formula is C10H10BrF. The van der Waals surface area contributed by atoms with E-state index >= 15 is 0 Å². The average molecular weight is 229 g/mol. The molecule has 0 saturated carbocycles. The van der Waals surface area contributed by atoms with E-state index in [4.69, 9.17) is 0 Å². The van der Waals surface area contributed by atoms with Crippen LogP contribution in [-0.4, -0.2) is 0 Å². The van der Waals surface area contributed by atoms with E-state index < -0.39 is 0 Å². The second kappa shape index (κ2) is 3.40. The Kier molecular flexibility index (Phi) is 2.68. The number of halogens is 2. The van der Waals surface area contributed by atoms with Crippen molar-refractivity contribution in [2.24, 2.45) is 0 Å². The van der Waals surface area contributed by atoms with Gasteiger partial charge in [0.1, 0.15) is 5.83 Å². The predicted molar refractivity (Wildman–Crippen MR) is 53.8 cm³/mol. The lowest BCUT2D eigenvalue weighted by Gasteiger charge is -2.05. The maximum absolute atomic E-state index is 12.7. The Morgan fingerprint density at radius 3 is 2.08 bits per heavy atom. The number of hydrogen-bond donors (Lipinski definition) is 0. The molecule has 0 amide bonds. The molecule has 0 heterocycles. The molecule has 0 aromatic heterocycles. The van der Waals surface area contributed by atoms with Crippen LogP contribution in [0, 0.1) is 13.8 Å². The SMILES string of the molecule is C=C(F)c1cc(C)c(Br)c(C)c1. The van der Waals surface area contributed by atoms with Crippen molar-refractivity contribution in [1.29, 1.82) is 0 Å². The van der Waals surface area contributed by atoms with Crippen LogP contribution in [0.4, 0.5) is 4.39 Å². The molecule has 0 atom stereocenters. The zero-order chi connectivity index (χ0) is 9.30. The molecule has 1 aromatic carbocycles. The van der Waals surface area contributed by atoms with Crippen LogP contribution < -0.4 is 0 Å². The highest BCUT2D eigenvalue weighted by molar-refractivity contribution is 9.10. The first-order chi connectivity index (χ1) is 5.52. The van der Waals surface area contributed by atoms with Gasteiger partial charge in [-0.2, -0.15) is 0 Å². The molecule has 1 rings (SSSR count). The predicted octanol–water partition coefficient (Wildman–Crippen LogP) is 4.01. The Bertz CT molecular complexity index is 306. The van der Waals surface area contributed by atoms with Crippen molar-refractivity contribution in [3.63, 3.8) is 0 Å². The fraction of sp³-hybridized carbons (Fsp3) is 0.200. The summed E-state index contributed by atoms with van der Waals surface area (Å²) in [5.74, 6) is -0.381. The fourth-order valence-corrected chi connectivity index (χ4v) is 1.33. The number of aryl methyl sites for hydroxylation is 2. The Labute approximate surface area is 80.2 Å². The monoisotopic (exact) mass is 228 g/mol. The molecule has 0 saturated heterocycles. The minimum absolute atomic E-state index is 0.381. The standard InChI is InChI=1S/C10H10BrF/c1-6-4-9(8(3)12)5-7(2)10(6)11/h4-5H,3H2,1-2H3. The number of benzene rings is 1. The van der Waals surface area contributed by atoms with Crippen molar-refractivity contribution in [3.05, 3.63) is 39.9 Å². The van der Waals surface area contributed by atoms with E-state index in [1.165, 1.54) is 0 Å². The summed E-state index contributed by atoms with van der Waals surface area (Å²) in [7, 11) is 0. The van der Waals surface area contributed by atoms with E-state index in [2.05, 4.69) is 22.5 Å². The maximum Gasteiger partial charge on any atom is 0.123 e. The first-order valence-corrected chi connectivity index (χ1v) is 4.43. The molecule has 0 N–H and O–H groups in total. The summed E-state index contributed by atoms with van der Waals surface area (Å²) in [6, 6.07) is 3.55. The highest BCUT2D eigenvalue weighted by Gasteiger charge is 2.03. The van der Waals surface area contributed by atoms with Crippen LogP contribution in [0.25, 0.3) is 5.83 Å². The molecule has 0 aliphatic rings. The van der Waals surface area contributed by atoms with Crippen LogP contribution in [0.3, 0.4) is 0 Å². The Balaban J connectivity index is 3.31. The van der Waals surface area contributed by atoms with Gasteiger partial charge in [0.25, 0.3) is 0 Å². The molecular weight excluding hydrogens is 219 g/mol. The van der Waals surface area contributed by atoms with E-state index in [-0.39, 0.29) is 5.83 Å². The quantitative estimate of drug-likeness (QED) is 0.682. The molecule has 0 unspecified atom stereocenters. The summed E-state index contributed by atoms with van der Waals surface area (Å²) in [6.07, 6.45) is 0. The summed E-state index contributed by atoms with van der Waals surface area (Å²) in [6.45, 7) is 7.12. The van der Waals surface area contributed by atoms with E-state index in [9.17, 15) is 4.39 Å². The summed E-state index contributed by atoms with van der Waals surface area (Å²) >= 11 is 3.41. The van der Waals surface area contributed by atoms with Gasteiger partial charge in [0.15, 0.2) is 0 Å². The molecule has 2 heteroatoms. The Morgan fingerprint density at radius 1 is 1.33 bits per heavy atom. The molecule has 64 valence electrons. The van der Waals surface area contributed by atoms with Crippen LogP contribution in [0.1, 0.15) is 16.7 Å². The van der Waals surface area contributed by atoms with Crippen LogP contribution in [0.2, 0.25) is 0 Å². The highest BCUT2D eigenvalue weighted by Crippen LogP contribution is 2.25. The molecule has 0 nitrogen and oxygen atoms in total. The lowest BCUT2D eigenvalue weighted by molar-refractivity contribution is 0.763. The summed E-state index contributed by atoms with van der Waals surface area (Å²) in [5, 5.41) is 0. The maximum atomic E-state index is 12.7. The second-order valence-corrected chi connectivity index (χ2v) is 3.62. The second-order valence-electron chi connectivity index (χ2n) is 2.83. The molecule has 0 radical (unpaired) electrons. The van der Waals surface area contributed by atoms with E-state index in [0.29, 0.717) is 5.56 Å². The van der Waals surface area contributed by atoms with Crippen molar-refractivity contribution in [3.8, 4) is 0 Å². The van der Waals surface area contributed by atoms with Crippen molar-refractivity contribution in [2.45, 2.75) is 13.8 Å².